The van der Waals surface area contributed by atoms with Crippen LogP contribution in [0, 0.1) is 0 Å². The lowest BCUT2D eigenvalue weighted by Crippen LogP contribution is -2.22. The summed E-state index contributed by atoms with van der Waals surface area (Å²) in [6.07, 6.45) is 0. The highest BCUT2D eigenvalue weighted by Crippen LogP contribution is 2.33. The van der Waals surface area contributed by atoms with Crippen LogP contribution in [0.25, 0.3) is 5.69 Å². The van der Waals surface area contributed by atoms with Gasteiger partial charge >= 0.3 is 0 Å². The first-order valence-corrected chi connectivity index (χ1v) is 10.7. The number of rotatable bonds is 5. The van der Waals surface area contributed by atoms with E-state index in [0.717, 1.165) is 0 Å². The molecule has 1 aliphatic heterocycles. The minimum atomic E-state index is -3.27. The monoisotopic (exact) mass is 417 g/mol. The summed E-state index contributed by atoms with van der Waals surface area (Å²) in [6, 6.07) is 15.9. The lowest BCUT2D eigenvalue weighted by Gasteiger charge is -2.12. The normalized spacial score (nSPS) is 14.5. The maximum atomic E-state index is 12.4. The van der Waals surface area contributed by atoms with Crippen molar-refractivity contribution in [1.29, 1.82) is 0 Å². The van der Waals surface area contributed by atoms with Gasteiger partial charge in [0.25, 0.3) is 5.91 Å². The smallest absolute Gasteiger partial charge is 0.263 e. The minimum absolute atomic E-state index is 0.153. The third kappa shape index (κ3) is 3.88. The predicted molar refractivity (Wildman–Crippen MR) is 105 cm³/mol. The second-order valence-corrected chi connectivity index (χ2v) is 8.85. The van der Waals surface area contributed by atoms with Crippen molar-refractivity contribution >= 4 is 33.2 Å². The molecule has 0 unspecified atom stereocenters. The van der Waals surface area contributed by atoms with Crippen LogP contribution in [0.2, 0.25) is 5.02 Å². The van der Waals surface area contributed by atoms with E-state index >= 15 is 0 Å². The number of ether oxygens (including phenoxy) is 1. The van der Waals surface area contributed by atoms with Crippen LogP contribution in [0.5, 0.6) is 5.75 Å². The van der Waals surface area contributed by atoms with Crippen LogP contribution in [0.4, 0.5) is 5.82 Å². The third-order valence-corrected chi connectivity index (χ3v) is 5.89. The number of benzene rings is 2. The Morgan fingerprint density at radius 2 is 1.93 bits per heavy atom. The quantitative estimate of drug-likeness (QED) is 0.689. The molecular formula is C19H16ClN3O4S. The highest BCUT2D eigenvalue weighted by Gasteiger charge is 2.33. The van der Waals surface area contributed by atoms with Crippen LogP contribution >= 0.6 is 11.6 Å². The van der Waals surface area contributed by atoms with E-state index in [4.69, 9.17) is 16.3 Å². The Bertz CT molecular complexity index is 1140. The van der Waals surface area contributed by atoms with Gasteiger partial charge in [-0.3, -0.25) is 4.79 Å². The van der Waals surface area contributed by atoms with Gasteiger partial charge in [-0.15, -0.1) is 0 Å². The number of carbonyl (C=O) groups is 1. The second kappa shape index (κ2) is 7.29. The molecule has 9 heteroatoms. The number of nitrogens with zero attached hydrogens (tertiary/aromatic N) is 2. The molecule has 2 heterocycles. The number of aromatic nitrogens is 2. The lowest BCUT2D eigenvalue weighted by molar-refractivity contribution is -0.118. The summed E-state index contributed by atoms with van der Waals surface area (Å²) in [7, 11) is -3.27. The van der Waals surface area contributed by atoms with Gasteiger partial charge in [-0.1, -0.05) is 35.9 Å². The van der Waals surface area contributed by atoms with Crippen molar-refractivity contribution in [1.82, 2.24) is 9.78 Å². The largest absolute Gasteiger partial charge is 0.484 e. The molecule has 7 nitrogen and oxygen atoms in total. The van der Waals surface area contributed by atoms with Gasteiger partial charge in [0.05, 0.1) is 22.9 Å². The molecule has 1 N–H and O–H groups in total. The van der Waals surface area contributed by atoms with Crippen molar-refractivity contribution in [2.24, 2.45) is 0 Å². The number of halogens is 1. The molecule has 0 atom stereocenters. The van der Waals surface area contributed by atoms with Gasteiger partial charge in [0.15, 0.2) is 16.4 Å². The first kappa shape index (κ1) is 18.5. The molecule has 144 valence electrons. The van der Waals surface area contributed by atoms with Gasteiger partial charge < -0.3 is 10.1 Å². The molecule has 28 heavy (non-hydrogen) atoms. The SMILES string of the molecule is O=C(COc1ccccc1)Nc1c2c(nn1-c1cccc(Cl)c1)CS(=O)(=O)C2. The fourth-order valence-electron chi connectivity index (χ4n) is 3.00. The van der Waals surface area contributed by atoms with Gasteiger partial charge in [-0.25, -0.2) is 13.1 Å². The van der Waals surface area contributed by atoms with Crippen molar-refractivity contribution in [2.75, 3.05) is 11.9 Å². The average molecular weight is 418 g/mol. The summed E-state index contributed by atoms with van der Waals surface area (Å²) in [5.74, 6) is 0.144. The summed E-state index contributed by atoms with van der Waals surface area (Å²) in [5, 5.41) is 7.64. The van der Waals surface area contributed by atoms with E-state index in [0.29, 0.717) is 33.5 Å². The van der Waals surface area contributed by atoms with Crippen LogP contribution in [-0.2, 0) is 26.1 Å². The molecule has 4 rings (SSSR count). The molecule has 0 saturated carbocycles. The second-order valence-electron chi connectivity index (χ2n) is 6.35. The summed E-state index contributed by atoms with van der Waals surface area (Å²) in [4.78, 5) is 12.4. The molecule has 1 aliphatic rings. The van der Waals surface area contributed by atoms with Crippen LogP contribution < -0.4 is 10.1 Å². The molecule has 2 aromatic carbocycles. The molecular weight excluding hydrogens is 402 g/mol. The Labute approximate surface area is 166 Å². The van der Waals surface area contributed by atoms with Crippen molar-refractivity contribution in [3.05, 3.63) is 70.9 Å². The summed E-state index contributed by atoms with van der Waals surface area (Å²) in [6.45, 7) is -0.216. The summed E-state index contributed by atoms with van der Waals surface area (Å²) < 4.78 is 30.9. The van der Waals surface area contributed by atoms with Gasteiger partial charge in [0, 0.05) is 10.6 Å². The number of hydrogen-bond donors (Lipinski definition) is 1. The Morgan fingerprint density at radius 1 is 1.14 bits per heavy atom. The maximum Gasteiger partial charge on any atom is 0.263 e. The van der Waals surface area contributed by atoms with E-state index < -0.39 is 15.7 Å². The molecule has 0 aliphatic carbocycles. The Kier molecular flexibility index (Phi) is 4.82. The molecule has 0 radical (unpaired) electrons. The molecule has 0 bridgehead atoms. The van der Waals surface area contributed by atoms with E-state index in [1.54, 1.807) is 48.5 Å². The number of hydrogen-bond acceptors (Lipinski definition) is 5. The fourth-order valence-corrected chi connectivity index (χ4v) is 4.68. The van der Waals surface area contributed by atoms with Crippen molar-refractivity contribution in [3.8, 4) is 11.4 Å². The van der Waals surface area contributed by atoms with Crippen LogP contribution in [0.15, 0.2) is 54.6 Å². The van der Waals surface area contributed by atoms with E-state index in [-0.39, 0.29) is 18.1 Å². The highest BCUT2D eigenvalue weighted by atomic mass is 35.5. The number of carbonyl (C=O) groups excluding carboxylic acids is 1. The van der Waals surface area contributed by atoms with Gasteiger partial charge in [0.2, 0.25) is 0 Å². The summed E-state index contributed by atoms with van der Waals surface area (Å²) in [5.41, 5.74) is 1.55. The zero-order valence-electron chi connectivity index (χ0n) is 14.6. The molecule has 0 fully saturated rings. The van der Waals surface area contributed by atoms with Gasteiger partial charge in [-0.05, 0) is 30.3 Å². The standard InChI is InChI=1S/C19H16ClN3O4S/c20-13-5-4-6-14(9-13)23-19(16-11-28(25,26)12-17(16)22-23)21-18(24)10-27-15-7-2-1-3-8-15/h1-9H,10-12H2,(H,21,24). The van der Waals surface area contributed by atoms with E-state index in [1.807, 2.05) is 6.07 Å². The number of amides is 1. The molecule has 0 spiro atoms. The number of para-hydroxylation sites is 1. The molecule has 1 aromatic heterocycles. The topological polar surface area (TPSA) is 90.3 Å². The van der Waals surface area contributed by atoms with Crippen molar-refractivity contribution in [2.45, 2.75) is 11.5 Å². The van der Waals surface area contributed by atoms with Crippen molar-refractivity contribution < 1.29 is 17.9 Å². The first-order valence-electron chi connectivity index (χ1n) is 8.46. The van der Waals surface area contributed by atoms with Crippen molar-refractivity contribution in [3.63, 3.8) is 0 Å². The van der Waals surface area contributed by atoms with E-state index in [1.165, 1.54) is 4.68 Å². The minimum Gasteiger partial charge on any atom is -0.484 e. The predicted octanol–water partition coefficient (Wildman–Crippen LogP) is 2.97. The third-order valence-electron chi connectivity index (χ3n) is 4.21. The van der Waals surface area contributed by atoms with Crippen LogP contribution in [-0.4, -0.2) is 30.7 Å². The number of sulfone groups is 1. The first-order chi connectivity index (χ1) is 13.4. The Morgan fingerprint density at radius 3 is 2.68 bits per heavy atom. The number of fused-ring (bicyclic) bond motifs is 1. The van der Waals surface area contributed by atoms with E-state index in [2.05, 4.69) is 10.4 Å². The highest BCUT2D eigenvalue weighted by molar-refractivity contribution is 7.90. The molecule has 3 aromatic rings. The van der Waals surface area contributed by atoms with Crippen LogP contribution in [0.1, 0.15) is 11.3 Å². The van der Waals surface area contributed by atoms with E-state index in [9.17, 15) is 13.2 Å². The average Bonchev–Trinajstić information content (AvgIpc) is 3.13. The lowest BCUT2D eigenvalue weighted by atomic mass is 10.2. The Balaban J connectivity index is 1.62. The zero-order chi connectivity index (χ0) is 19.7. The van der Waals surface area contributed by atoms with Gasteiger partial charge in [-0.2, -0.15) is 5.10 Å². The van der Waals surface area contributed by atoms with Crippen LogP contribution in [0.3, 0.4) is 0 Å². The molecule has 1 amide bonds. The number of anilines is 1. The Hall–Kier alpha value is -2.84. The number of nitrogens with one attached hydrogen (secondary N) is 1. The fraction of sp³-hybridized carbons (Fsp3) is 0.158. The maximum absolute atomic E-state index is 12.4. The summed E-state index contributed by atoms with van der Waals surface area (Å²) >= 11 is 6.07. The molecule has 0 saturated heterocycles. The van der Waals surface area contributed by atoms with Gasteiger partial charge in [0.1, 0.15) is 11.6 Å². The zero-order valence-corrected chi connectivity index (χ0v) is 16.2.